The van der Waals surface area contributed by atoms with Crippen LogP contribution in [0.15, 0.2) is 0 Å². The number of piperidine rings is 1. The van der Waals surface area contributed by atoms with E-state index in [1.807, 2.05) is 0 Å². The van der Waals surface area contributed by atoms with Crippen LogP contribution in [-0.2, 0) is 9.53 Å². The molecule has 21 heavy (non-hydrogen) atoms. The third-order valence-corrected chi connectivity index (χ3v) is 5.26. The minimum absolute atomic E-state index is 0.202. The Morgan fingerprint density at radius 3 is 2.71 bits per heavy atom. The van der Waals surface area contributed by atoms with Crippen molar-refractivity contribution in [2.24, 2.45) is 11.7 Å². The summed E-state index contributed by atoms with van der Waals surface area (Å²) in [6, 6.07) is 0.707. The van der Waals surface area contributed by atoms with Gasteiger partial charge in [0.2, 0.25) is 5.91 Å². The van der Waals surface area contributed by atoms with Crippen molar-refractivity contribution >= 4 is 5.91 Å². The molecule has 1 aliphatic heterocycles. The number of primary amides is 1. The van der Waals surface area contributed by atoms with Crippen LogP contribution in [0.1, 0.15) is 46.5 Å². The first-order chi connectivity index (χ1) is 9.88. The molecule has 0 aromatic carbocycles. The molecule has 1 amide bonds. The lowest BCUT2D eigenvalue weighted by Gasteiger charge is -2.40. The van der Waals surface area contributed by atoms with Crippen LogP contribution in [0, 0.1) is 5.92 Å². The van der Waals surface area contributed by atoms with Crippen LogP contribution in [-0.4, -0.2) is 54.7 Å². The number of ether oxygens (including phenoxy) is 1. The molecule has 5 heteroatoms. The van der Waals surface area contributed by atoms with Gasteiger partial charge in [-0.05, 0) is 52.0 Å². The van der Waals surface area contributed by atoms with Gasteiger partial charge in [-0.1, -0.05) is 6.92 Å². The summed E-state index contributed by atoms with van der Waals surface area (Å²) in [5, 5.41) is 3.43. The lowest BCUT2D eigenvalue weighted by Crippen LogP contribution is -2.57. The lowest BCUT2D eigenvalue weighted by molar-refractivity contribution is -0.124. The first-order valence-corrected chi connectivity index (χ1v) is 8.22. The molecule has 122 valence electrons. The molecular weight excluding hydrogens is 266 g/mol. The summed E-state index contributed by atoms with van der Waals surface area (Å²) >= 11 is 0. The van der Waals surface area contributed by atoms with Gasteiger partial charge < -0.3 is 15.8 Å². The number of nitrogens with one attached hydrogen (secondary N) is 1. The van der Waals surface area contributed by atoms with Crippen molar-refractivity contribution in [1.29, 1.82) is 0 Å². The summed E-state index contributed by atoms with van der Waals surface area (Å²) in [4.78, 5) is 14.5. The van der Waals surface area contributed by atoms with Crippen molar-refractivity contribution in [3.63, 3.8) is 0 Å². The fourth-order valence-corrected chi connectivity index (χ4v) is 4.01. The van der Waals surface area contributed by atoms with E-state index in [0.29, 0.717) is 18.1 Å². The molecule has 1 saturated carbocycles. The van der Waals surface area contributed by atoms with Crippen molar-refractivity contribution in [3.05, 3.63) is 0 Å². The molecule has 1 heterocycles. The molecule has 0 spiro atoms. The highest BCUT2D eigenvalue weighted by atomic mass is 16.5. The number of carbonyl (C=O) groups is 1. The predicted octanol–water partition coefficient (Wildman–Crippen LogP) is 1.12. The van der Waals surface area contributed by atoms with Crippen LogP contribution in [0.3, 0.4) is 0 Å². The van der Waals surface area contributed by atoms with E-state index in [4.69, 9.17) is 10.5 Å². The summed E-state index contributed by atoms with van der Waals surface area (Å²) in [7, 11) is 1.80. The number of methoxy groups -OCH3 is 1. The molecule has 3 N–H and O–H groups in total. The van der Waals surface area contributed by atoms with Gasteiger partial charge >= 0.3 is 0 Å². The Morgan fingerprint density at radius 1 is 1.43 bits per heavy atom. The third kappa shape index (κ3) is 3.58. The standard InChI is InChI=1S/C16H31N3O2/c1-11(2)18-16(15(17)20)7-5-13(9-16)19-8-6-12(3)14(10-19)21-4/h11-14,18H,5-10H2,1-4H3,(H2,17,20). The lowest BCUT2D eigenvalue weighted by atomic mass is 9.92. The molecule has 0 aromatic heterocycles. The van der Waals surface area contributed by atoms with E-state index in [1.165, 1.54) is 0 Å². The molecule has 2 aliphatic rings. The Bertz CT molecular complexity index is 375. The second kappa shape index (κ2) is 6.63. The van der Waals surface area contributed by atoms with Gasteiger partial charge in [0.25, 0.3) is 0 Å². The van der Waals surface area contributed by atoms with Gasteiger partial charge in [0.15, 0.2) is 0 Å². The van der Waals surface area contributed by atoms with E-state index in [2.05, 4.69) is 31.0 Å². The SMILES string of the molecule is COC1CN(C2CCC(NC(C)C)(C(N)=O)C2)CCC1C. The Labute approximate surface area is 128 Å². The van der Waals surface area contributed by atoms with Crippen molar-refractivity contribution in [3.8, 4) is 0 Å². The van der Waals surface area contributed by atoms with Gasteiger partial charge in [0.05, 0.1) is 11.6 Å². The summed E-state index contributed by atoms with van der Waals surface area (Å²) < 4.78 is 5.61. The summed E-state index contributed by atoms with van der Waals surface area (Å²) in [5.74, 6) is 0.412. The van der Waals surface area contributed by atoms with Gasteiger partial charge in [-0.2, -0.15) is 0 Å². The maximum absolute atomic E-state index is 12.0. The number of rotatable bonds is 5. The maximum Gasteiger partial charge on any atom is 0.237 e. The monoisotopic (exact) mass is 297 g/mol. The van der Waals surface area contributed by atoms with Crippen molar-refractivity contribution in [1.82, 2.24) is 10.2 Å². The Kier molecular flexibility index (Phi) is 5.28. The second-order valence-corrected chi connectivity index (χ2v) is 7.18. The normalized spacial score (nSPS) is 38.0. The number of hydrogen-bond acceptors (Lipinski definition) is 4. The molecule has 0 bridgehead atoms. The summed E-state index contributed by atoms with van der Waals surface area (Å²) in [6.45, 7) is 8.47. The smallest absolute Gasteiger partial charge is 0.237 e. The van der Waals surface area contributed by atoms with Crippen molar-refractivity contribution < 1.29 is 9.53 Å². The predicted molar refractivity (Wildman–Crippen MR) is 84.0 cm³/mol. The molecule has 0 aromatic rings. The highest BCUT2D eigenvalue weighted by molar-refractivity contribution is 5.85. The van der Waals surface area contributed by atoms with Crippen LogP contribution in [0.25, 0.3) is 0 Å². The highest BCUT2D eigenvalue weighted by Gasteiger charge is 2.46. The van der Waals surface area contributed by atoms with Crippen LogP contribution in [0.2, 0.25) is 0 Å². The van der Waals surface area contributed by atoms with E-state index in [9.17, 15) is 4.79 Å². The van der Waals surface area contributed by atoms with Crippen molar-refractivity contribution in [2.75, 3.05) is 20.2 Å². The second-order valence-electron chi connectivity index (χ2n) is 7.18. The molecule has 4 atom stereocenters. The molecule has 1 saturated heterocycles. The van der Waals surface area contributed by atoms with Crippen LogP contribution in [0.5, 0.6) is 0 Å². The molecule has 0 radical (unpaired) electrons. The maximum atomic E-state index is 12.0. The zero-order valence-electron chi connectivity index (χ0n) is 13.9. The number of nitrogens with two attached hydrogens (primary N) is 1. The van der Waals surface area contributed by atoms with Crippen LogP contribution >= 0.6 is 0 Å². The van der Waals surface area contributed by atoms with E-state index in [-0.39, 0.29) is 11.9 Å². The largest absolute Gasteiger partial charge is 0.380 e. The first kappa shape index (κ1) is 16.7. The zero-order valence-corrected chi connectivity index (χ0v) is 13.9. The molecule has 1 aliphatic carbocycles. The summed E-state index contributed by atoms with van der Waals surface area (Å²) in [5.41, 5.74) is 5.18. The van der Waals surface area contributed by atoms with Gasteiger partial charge in [-0.25, -0.2) is 0 Å². The number of carbonyl (C=O) groups excluding carboxylic acids is 1. The topological polar surface area (TPSA) is 67.6 Å². The van der Waals surface area contributed by atoms with Gasteiger partial charge in [-0.15, -0.1) is 0 Å². The molecule has 2 rings (SSSR count). The number of hydrogen-bond donors (Lipinski definition) is 2. The Balaban J connectivity index is 2.02. The van der Waals surface area contributed by atoms with Gasteiger partial charge in [0, 0.05) is 25.7 Å². The Hall–Kier alpha value is -0.650. The third-order valence-electron chi connectivity index (χ3n) is 5.26. The van der Waals surface area contributed by atoms with Crippen LogP contribution in [0.4, 0.5) is 0 Å². The van der Waals surface area contributed by atoms with E-state index in [0.717, 1.165) is 38.8 Å². The minimum Gasteiger partial charge on any atom is -0.380 e. The fraction of sp³-hybridized carbons (Fsp3) is 0.938. The summed E-state index contributed by atoms with van der Waals surface area (Å²) in [6.07, 6.45) is 4.17. The average molecular weight is 297 g/mol. The highest BCUT2D eigenvalue weighted by Crippen LogP contribution is 2.35. The average Bonchev–Trinajstić information content (AvgIpc) is 2.84. The van der Waals surface area contributed by atoms with Crippen LogP contribution < -0.4 is 11.1 Å². The first-order valence-electron chi connectivity index (χ1n) is 8.22. The fourth-order valence-electron chi connectivity index (χ4n) is 4.01. The molecule has 5 nitrogen and oxygen atoms in total. The zero-order chi connectivity index (χ0) is 15.6. The molecular formula is C16H31N3O2. The van der Waals surface area contributed by atoms with E-state index in [1.54, 1.807) is 7.11 Å². The van der Waals surface area contributed by atoms with Gasteiger partial charge in [0.1, 0.15) is 0 Å². The number of amides is 1. The number of nitrogens with zero attached hydrogens (tertiary/aromatic N) is 1. The quantitative estimate of drug-likeness (QED) is 0.798. The van der Waals surface area contributed by atoms with Gasteiger partial charge in [-0.3, -0.25) is 9.69 Å². The van der Waals surface area contributed by atoms with E-state index >= 15 is 0 Å². The molecule has 2 fully saturated rings. The molecule has 4 unspecified atom stereocenters. The minimum atomic E-state index is -0.523. The van der Waals surface area contributed by atoms with Crippen molar-refractivity contribution in [2.45, 2.75) is 70.2 Å². The van der Waals surface area contributed by atoms with E-state index < -0.39 is 5.54 Å². The Morgan fingerprint density at radius 2 is 2.14 bits per heavy atom. The number of likely N-dealkylation sites (tertiary alicyclic amines) is 1.